The van der Waals surface area contributed by atoms with E-state index < -0.39 is 0 Å². The van der Waals surface area contributed by atoms with Gasteiger partial charge in [-0.15, -0.1) is 0 Å². The van der Waals surface area contributed by atoms with Gasteiger partial charge >= 0.3 is 0 Å². The van der Waals surface area contributed by atoms with E-state index in [0.717, 1.165) is 5.92 Å². The summed E-state index contributed by atoms with van der Waals surface area (Å²) in [6, 6.07) is 22.0. The number of aryl methyl sites for hydroxylation is 2. The van der Waals surface area contributed by atoms with Crippen molar-refractivity contribution in [1.29, 1.82) is 0 Å². The molecule has 0 atom stereocenters. The average molecular weight is 407 g/mol. The molecule has 2 rings (SSSR count). The zero-order chi connectivity index (χ0) is 21.1. The second-order valence-corrected chi connectivity index (χ2v) is 9.24. The molecule has 2 aromatic rings. The van der Waals surface area contributed by atoms with E-state index in [9.17, 15) is 0 Å². The number of hydrogen-bond acceptors (Lipinski definition) is 0. The van der Waals surface area contributed by atoms with E-state index in [-0.39, 0.29) is 0 Å². The molecule has 0 saturated carbocycles. The summed E-state index contributed by atoms with van der Waals surface area (Å²) >= 11 is 0. The fraction of sp³-hybridized carbons (Fsp3) is 0.600. The largest absolute Gasteiger partial charge is 0.0654 e. The maximum atomic E-state index is 2.33. The normalized spacial score (nSPS) is 11.3. The lowest BCUT2D eigenvalue weighted by atomic mass is 9.89. The van der Waals surface area contributed by atoms with Crippen LogP contribution in [0.25, 0.3) is 0 Å². The lowest BCUT2D eigenvalue weighted by molar-refractivity contribution is 0.369. The molecule has 166 valence electrons. The molecule has 0 saturated heterocycles. The maximum Gasteiger partial charge on any atom is -0.0279 e. The minimum absolute atomic E-state index is 0.986. The highest BCUT2D eigenvalue weighted by molar-refractivity contribution is 5.15. The molecule has 0 spiro atoms. The predicted molar refractivity (Wildman–Crippen MR) is 134 cm³/mol. The predicted octanol–water partition coefficient (Wildman–Crippen LogP) is 9.57. The Bertz CT molecular complexity index is 549. The van der Waals surface area contributed by atoms with Gasteiger partial charge in [0, 0.05) is 0 Å². The van der Waals surface area contributed by atoms with Crippen LogP contribution in [0.5, 0.6) is 0 Å². The molecule has 0 aromatic heterocycles. The van der Waals surface area contributed by atoms with Crippen molar-refractivity contribution in [3.63, 3.8) is 0 Å². The molecule has 0 radical (unpaired) electrons. The van der Waals surface area contributed by atoms with Gasteiger partial charge in [-0.3, -0.25) is 0 Å². The summed E-state index contributed by atoms with van der Waals surface area (Å²) in [6.45, 7) is 2.33. The van der Waals surface area contributed by atoms with Crippen LogP contribution in [0.4, 0.5) is 0 Å². The molecule has 0 bridgehead atoms. The van der Waals surface area contributed by atoms with Crippen LogP contribution in [-0.4, -0.2) is 0 Å². The van der Waals surface area contributed by atoms with Gasteiger partial charge in [0.2, 0.25) is 0 Å². The second kappa shape index (κ2) is 17.2. The van der Waals surface area contributed by atoms with Gasteiger partial charge < -0.3 is 0 Å². The number of unbranched alkanes of at least 4 members (excludes halogenated alkanes) is 8. The maximum absolute atomic E-state index is 2.33. The monoisotopic (exact) mass is 406 g/mol. The summed E-state index contributed by atoms with van der Waals surface area (Å²) in [6.07, 6.45) is 22.4. The molecule has 0 heteroatoms. The van der Waals surface area contributed by atoms with Gasteiger partial charge in [0.25, 0.3) is 0 Å². The SMILES string of the molecule is CCCCCC(CCCCCCc1ccccc1)CCCCCCc1ccccc1. The van der Waals surface area contributed by atoms with Crippen LogP contribution in [0.3, 0.4) is 0 Å². The van der Waals surface area contributed by atoms with Crippen molar-refractivity contribution in [1.82, 2.24) is 0 Å². The molecule has 0 fully saturated rings. The van der Waals surface area contributed by atoms with Crippen LogP contribution in [0.15, 0.2) is 60.7 Å². The quantitative estimate of drug-likeness (QED) is 0.216. The van der Waals surface area contributed by atoms with Crippen LogP contribution < -0.4 is 0 Å². The van der Waals surface area contributed by atoms with E-state index in [4.69, 9.17) is 0 Å². The molecule has 0 heterocycles. The molecule has 0 aliphatic rings. The van der Waals surface area contributed by atoms with E-state index >= 15 is 0 Å². The first-order valence-corrected chi connectivity index (χ1v) is 13.0. The summed E-state index contributed by atoms with van der Waals surface area (Å²) in [5.74, 6) is 0.986. The average Bonchev–Trinajstić information content (AvgIpc) is 2.79. The molecule has 30 heavy (non-hydrogen) atoms. The molecule has 0 amide bonds. The highest BCUT2D eigenvalue weighted by Crippen LogP contribution is 2.24. The lowest BCUT2D eigenvalue weighted by Gasteiger charge is -2.17. The van der Waals surface area contributed by atoms with Gasteiger partial charge in [0.05, 0.1) is 0 Å². The van der Waals surface area contributed by atoms with Crippen molar-refractivity contribution >= 4 is 0 Å². The molecule has 0 nitrogen and oxygen atoms in total. The Morgan fingerprint density at radius 1 is 0.467 bits per heavy atom. The van der Waals surface area contributed by atoms with E-state index in [0.29, 0.717) is 0 Å². The highest BCUT2D eigenvalue weighted by atomic mass is 14.1. The van der Waals surface area contributed by atoms with Gasteiger partial charge in [-0.05, 0) is 42.7 Å². The van der Waals surface area contributed by atoms with Crippen LogP contribution in [-0.2, 0) is 12.8 Å². The summed E-state index contributed by atoms with van der Waals surface area (Å²) < 4.78 is 0. The van der Waals surface area contributed by atoms with Crippen molar-refractivity contribution in [3.8, 4) is 0 Å². The van der Waals surface area contributed by atoms with Crippen LogP contribution in [0.2, 0.25) is 0 Å². The number of hydrogen-bond donors (Lipinski definition) is 0. The van der Waals surface area contributed by atoms with Crippen molar-refractivity contribution in [2.24, 2.45) is 5.92 Å². The van der Waals surface area contributed by atoms with Gasteiger partial charge in [0.1, 0.15) is 0 Å². The van der Waals surface area contributed by atoms with Crippen molar-refractivity contribution in [2.45, 2.75) is 110 Å². The van der Waals surface area contributed by atoms with E-state index in [1.807, 2.05) is 0 Å². The van der Waals surface area contributed by atoms with Crippen LogP contribution in [0, 0.1) is 5.92 Å². The summed E-state index contributed by atoms with van der Waals surface area (Å²) in [4.78, 5) is 0. The molecule has 0 aliphatic heterocycles. The zero-order valence-corrected chi connectivity index (χ0v) is 19.7. The molecular formula is C30H46. The molecule has 0 N–H and O–H groups in total. The highest BCUT2D eigenvalue weighted by Gasteiger charge is 2.08. The topological polar surface area (TPSA) is 0 Å². The van der Waals surface area contributed by atoms with Gasteiger partial charge in [-0.25, -0.2) is 0 Å². The first-order valence-electron chi connectivity index (χ1n) is 13.0. The summed E-state index contributed by atoms with van der Waals surface area (Å²) in [7, 11) is 0. The first-order chi connectivity index (χ1) is 14.9. The Morgan fingerprint density at radius 2 is 0.867 bits per heavy atom. The smallest absolute Gasteiger partial charge is 0.0279 e. The van der Waals surface area contributed by atoms with Gasteiger partial charge in [-0.1, -0.05) is 145 Å². The van der Waals surface area contributed by atoms with Gasteiger partial charge in [0.15, 0.2) is 0 Å². The Morgan fingerprint density at radius 3 is 1.30 bits per heavy atom. The summed E-state index contributed by atoms with van der Waals surface area (Å²) in [5.41, 5.74) is 3.00. The number of benzene rings is 2. The third-order valence-corrected chi connectivity index (χ3v) is 6.56. The molecule has 0 unspecified atom stereocenters. The van der Waals surface area contributed by atoms with Crippen molar-refractivity contribution < 1.29 is 0 Å². The Balaban J connectivity index is 1.52. The van der Waals surface area contributed by atoms with Crippen LogP contribution >= 0.6 is 0 Å². The Labute approximate surface area is 187 Å². The van der Waals surface area contributed by atoms with Crippen LogP contribution in [0.1, 0.15) is 108 Å². The standard InChI is InChI=1S/C30H46/c1-2-3-10-19-28(20-11-4-6-13-22-29-24-15-8-16-25-29)21-12-5-7-14-23-30-26-17-9-18-27-30/h8-9,15-18,24-28H,2-7,10-14,19-23H2,1H3. The lowest BCUT2D eigenvalue weighted by Crippen LogP contribution is -2.01. The molecule has 0 aliphatic carbocycles. The second-order valence-electron chi connectivity index (χ2n) is 9.24. The number of rotatable bonds is 18. The molecular weight excluding hydrogens is 360 g/mol. The Kier molecular flexibility index (Phi) is 14.1. The summed E-state index contributed by atoms with van der Waals surface area (Å²) in [5, 5.41) is 0. The van der Waals surface area contributed by atoms with E-state index in [1.54, 1.807) is 0 Å². The van der Waals surface area contributed by atoms with Gasteiger partial charge in [-0.2, -0.15) is 0 Å². The van der Waals surface area contributed by atoms with Crippen molar-refractivity contribution in [2.75, 3.05) is 0 Å². The molecule has 2 aromatic carbocycles. The third-order valence-electron chi connectivity index (χ3n) is 6.56. The third kappa shape index (κ3) is 12.2. The first kappa shape index (κ1) is 24.7. The fourth-order valence-electron chi connectivity index (χ4n) is 4.64. The van der Waals surface area contributed by atoms with Crippen molar-refractivity contribution in [3.05, 3.63) is 71.8 Å². The van der Waals surface area contributed by atoms with E-state index in [1.165, 1.54) is 114 Å². The Hall–Kier alpha value is -1.56. The fourth-order valence-corrected chi connectivity index (χ4v) is 4.64. The van der Waals surface area contributed by atoms with E-state index in [2.05, 4.69) is 67.6 Å². The minimum Gasteiger partial charge on any atom is -0.0654 e. The zero-order valence-electron chi connectivity index (χ0n) is 19.7. The minimum atomic E-state index is 0.986.